The third-order valence-electron chi connectivity index (χ3n) is 6.22. The van der Waals surface area contributed by atoms with Crippen molar-refractivity contribution in [3.05, 3.63) is 75.8 Å². The smallest absolute Gasteiger partial charge is 0.167 e. The molecular formula is C28H33BrFN3O2SSi. The van der Waals surface area contributed by atoms with Gasteiger partial charge in [0.1, 0.15) is 20.9 Å². The van der Waals surface area contributed by atoms with Gasteiger partial charge in [0.25, 0.3) is 0 Å². The van der Waals surface area contributed by atoms with E-state index in [1.54, 1.807) is 6.07 Å². The Hall–Kier alpha value is -2.04. The molecule has 0 amide bonds. The van der Waals surface area contributed by atoms with Gasteiger partial charge in [-0.2, -0.15) is 0 Å². The molecule has 1 N–H and O–H groups in total. The summed E-state index contributed by atoms with van der Waals surface area (Å²) in [7, 11) is -1.97. The van der Waals surface area contributed by atoms with Crippen LogP contribution in [0.1, 0.15) is 43.6 Å². The van der Waals surface area contributed by atoms with E-state index >= 15 is 4.39 Å². The van der Waals surface area contributed by atoms with Crippen LogP contribution in [-0.2, 0) is 17.8 Å². The summed E-state index contributed by atoms with van der Waals surface area (Å²) in [5.74, 6) is -0.282. The first-order valence-corrected chi connectivity index (χ1v) is 17.7. The second-order valence-electron chi connectivity index (χ2n) is 11.4. The molecule has 0 aliphatic carbocycles. The summed E-state index contributed by atoms with van der Waals surface area (Å²) in [6, 6.07) is 15.1. The Bertz CT molecular complexity index is 1430. The number of hydrogen-bond donors (Lipinski definition) is 1. The molecule has 2 aromatic carbocycles. The van der Waals surface area contributed by atoms with Crippen molar-refractivity contribution in [3.8, 4) is 11.3 Å². The Morgan fingerprint density at radius 3 is 2.51 bits per heavy atom. The molecule has 0 bridgehead atoms. The van der Waals surface area contributed by atoms with Gasteiger partial charge in [0.15, 0.2) is 5.58 Å². The largest absolute Gasteiger partial charge is 0.598 e. The highest BCUT2D eigenvalue weighted by Gasteiger charge is 2.33. The quantitative estimate of drug-likeness (QED) is 0.140. The minimum Gasteiger partial charge on any atom is -0.598 e. The molecule has 4 aromatic rings. The fourth-order valence-electron chi connectivity index (χ4n) is 4.20. The molecule has 0 radical (unpaired) electrons. The lowest BCUT2D eigenvalue weighted by Gasteiger charge is -2.29. The predicted molar refractivity (Wildman–Crippen MR) is 157 cm³/mol. The van der Waals surface area contributed by atoms with E-state index in [9.17, 15) is 4.55 Å². The number of fused-ring (bicyclic) bond motifs is 1. The maximum Gasteiger partial charge on any atom is 0.167 e. The topological polar surface area (TPSA) is 74.0 Å². The van der Waals surface area contributed by atoms with Gasteiger partial charge in [-0.15, -0.1) is 4.72 Å². The molecule has 0 spiro atoms. The number of aryl methyl sites for hydroxylation is 1. The van der Waals surface area contributed by atoms with Crippen LogP contribution in [-0.4, -0.2) is 27.5 Å². The van der Waals surface area contributed by atoms with Gasteiger partial charge in [0.2, 0.25) is 0 Å². The molecule has 5 nitrogen and oxygen atoms in total. The van der Waals surface area contributed by atoms with E-state index in [1.807, 2.05) is 70.2 Å². The first-order chi connectivity index (χ1) is 17.3. The summed E-state index contributed by atoms with van der Waals surface area (Å²) in [6.45, 7) is 14.1. The lowest BCUT2D eigenvalue weighted by Crippen LogP contribution is -2.43. The van der Waals surface area contributed by atoms with Crippen LogP contribution in [0.5, 0.6) is 0 Å². The number of rotatable bonds is 7. The molecule has 0 aliphatic heterocycles. The summed E-state index contributed by atoms with van der Waals surface area (Å²) >= 11 is 2.08. The average Bonchev–Trinajstić information content (AvgIpc) is 3.22. The van der Waals surface area contributed by atoms with Crippen molar-refractivity contribution < 1.29 is 13.5 Å². The summed E-state index contributed by atoms with van der Waals surface area (Å²) < 4.78 is 38.2. The van der Waals surface area contributed by atoms with E-state index in [0.717, 1.165) is 22.1 Å². The Morgan fingerprint density at radius 1 is 1.14 bits per heavy atom. The lowest BCUT2D eigenvalue weighted by atomic mass is 9.94. The van der Waals surface area contributed by atoms with Crippen LogP contribution in [0, 0.1) is 12.7 Å². The number of nitrogens with one attached hydrogen (secondary N) is 1. The van der Waals surface area contributed by atoms with E-state index in [0.29, 0.717) is 26.8 Å². The third kappa shape index (κ3) is 6.17. The zero-order chi connectivity index (χ0) is 27.1. The second-order valence-corrected chi connectivity index (χ2v) is 19.2. The van der Waals surface area contributed by atoms with Gasteiger partial charge in [-0.05, 0) is 78.1 Å². The fourth-order valence-corrected chi connectivity index (χ4v) is 7.05. The zero-order valence-electron chi connectivity index (χ0n) is 22.3. The number of halogens is 2. The molecule has 0 fully saturated rings. The maximum atomic E-state index is 15.8. The SMILES string of the molecule is Cc1ccc2c(-c3ccccc3[C@H](Cc3nc(Br)cc([Si](C)(C)C)c3F)N[S+]([O-])C(C)(C)C)noc2c1. The normalized spacial score (nSPS) is 14.2. The molecule has 0 saturated carbocycles. The number of aromatic nitrogens is 2. The molecule has 2 aromatic heterocycles. The number of benzene rings is 2. The number of hydrogen-bond acceptors (Lipinski definition) is 5. The Balaban J connectivity index is 1.86. The van der Waals surface area contributed by atoms with Gasteiger partial charge < -0.3 is 9.08 Å². The summed E-state index contributed by atoms with van der Waals surface area (Å²) in [5, 5.41) is 6.00. The Morgan fingerprint density at radius 2 is 1.84 bits per heavy atom. The molecule has 0 saturated heterocycles. The van der Waals surface area contributed by atoms with Crippen LogP contribution < -0.4 is 9.91 Å². The monoisotopic (exact) mass is 601 g/mol. The van der Waals surface area contributed by atoms with E-state index in [1.165, 1.54) is 0 Å². The maximum absolute atomic E-state index is 15.8. The molecule has 4 rings (SSSR count). The van der Waals surface area contributed by atoms with Crippen molar-refractivity contribution in [1.82, 2.24) is 14.9 Å². The van der Waals surface area contributed by atoms with E-state index in [-0.39, 0.29) is 12.2 Å². The predicted octanol–water partition coefficient (Wildman–Crippen LogP) is 6.98. The molecular weight excluding hydrogens is 569 g/mol. The van der Waals surface area contributed by atoms with Crippen LogP contribution in [0.4, 0.5) is 4.39 Å². The van der Waals surface area contributed by atoms with Gasteiger partial charge in [0.05, 0.1) is 19.8 Å². The number of pyridine rings is 1. The van der Waals surface area contributed by atoms with Gasteiger partial charge in [-0.25, -0.2) is 9.37 Å². The summed E-state index contributed by atoms with van der Waals surface area (Å²) in [6.07, 6.45) is 0.219. The zero-order valence-corrected chi connectivity index (χ0v) is 25.7. The molecule has 0 aliphatic rings. The van der Waals surface area contributed by atoms with Gasteiger partial charge in [-0.3, -0.25) is 0 Å². The Kier molecular flexibility index (Phi) is 8.02. The second kappa shape index (κ2) is 10.6. The van der Waals surface area contributed by atoms with Crippen molar-refractivity contribution in [3.63, 3.8) is 0 Å². The third-order valence-corrected chi connectivity index (χ3v) is 10.2. The van der Waals surface area contributed by atoms with Crippen LogP contribution in [0.3, 0.4) is 0 Å². The minimum atomic E-state index is -1.97. The molecule has 2 heterocycles. The van der Waals surface area contributed by atoms with Crippen LogP contribution in [0.2, 0.25) is 19.6 Å². The average molecular weight is 603 g/mol. The minimum absolute atomic E-state index is 0.219. The molecule has 37 heavy (non-hydrogen) atoms. The van der Waals surface area contributed by atoms with E-state index < -0.39 is 30.2 Å². The standard InChI is InChI=1S/C28H33BrFN3O2SSi/c1-17-12-13-20-23(14-17)35-32-27(20)19-11-9-8-10-18(19)21(33-36(34)28(2,3)4)15-22-26(30)24(37(5,6)7)16-25(29)31-22/h8-14,16,21,33H,15H2,1-7H3/t21-,36?/m0/s1. The van der Waals surface area contributed by atoms with Crippen molar-refractivity contribution >= 4 is 51.5 Å². The van der Waals surface area contributed by atoms with Crippen molar-refractivity contribution in [2.75, 3.05) is 0 Å². The molecule has 2 atom stereocenters. The fraction of sp³-hybridized carbons (Fsp3) is 0.357. The van der Waals surface area contributed by atoms with E-state index in [2.05, 4.69) is 50.4 Å². The van der Waals surface area contributed by atoms with Gasteiger partial charge in [0, 0.05) is 28.7 Å². The van der Waals surface area contributed by atoms with Gasteiger partial charge in [-0.1, -0.05) is 55.1 Å². The molecule has 196 valence electrons. The lowest BCUT2D eigenvalue weighted by molar-refractivity contribution is 0.459. The highest BCUT2D eigenvalue weighted by molar-refractivity contribution is 9.10. The van der Waals surface area contributed by atoms with Crippen LogP contribution >= 0.6 is 15.9 Å². The first-order valence-electron chi connectivity index (χ1n) is 12.2. The highest BCUT2D eigenvalue weighted by Crippen LogP contribution is 2.35. The Labute approximate surface area is 230 Å². The summed E-state index contributed by atoms with van der Waals surface area (Å²) in [5.41, 5.74) is 4.51. The van der Waals surface area contributed by atoms with Crippen LogP contribution in [0.25, 0.3) is 22.2 Å². The highest BCUT2D eigenvalue weighted by atomic mass is 79.9. The first kappa shape index (κ1) is 28.0. The molecule has 1 unspecified atom stereocenters. The van der Waals surface area contributed by atoms with Crippen molar-refractivity contribution in [2.45, 2.75) is 64.5 Å². The van der Waals surface area contributed by atoms with Gasteiger partial charge >= 0.3 is 0 Å². The van der Waals surface area contributed by atoms with Crippen molar-refractivity contribution in [1.29, 1.82) is 0 Å². The van der Waals surface area contributed by atoms with Crippen molar-refractivity contribution in [2.24, 2.45) is 0 Å². The molecule has 9 heteroatoms. The number of nitrogens with zero attached hydrogens (tertiary/aromatic N) is 2. The summed E-state index contributed by atoms with van der Waals surface area (Å²) in [4.78, 5) is 4.52. The van der Waals surface area contributed by atoms with E-state index in [4.69, 9.17) is 4.52 Å². The van der Waals surface area contributed by atoms with Crippen LogP contribution in [0.15, 0.2) is 57.7 Å².